The summed E-state index contributed by atoms with van der Waals surface area (Å²) in [6.45, 7) is 0.966. The highest BCUT2D eigenvalue weighted by Crippen LogP contribution is 2.42. The first kappa shape index (κ1) is 13.5. The molecule has 6 nitrogen and oxygen atoms in total. The summed E-state index contributed by atoms with van der Waals surface area (Å²) in [5, 5.41) is 10.1. The molecule has 2 rings (SSSR count). The highest BCUT2D eigenvalue weighted by atomic mass is 16.5. The Labute approximate surface area is 110 Å². The van der Waals surface area contributed by atoms with Crippen LogP contribution in [0.2, 0.25) is 0 Å². The summed E-state index contributed by atoms with van der Waals surface area (Å²) in [7, 11) is 2.66. The van der Waals surface area contributed by atoms with Crippen molar-refractivity contribution in [3.63, 3.8) is 0 Å². The second-order valence-electron chi connectivity index (χ2n) is 3.98. The molecule has 1 aromatic rings. The third kappa shape index (κ3) is 2.58. The molecule has 0 saturated heterocycles. The van der Waals surface area contributed by atoms with Crippen molar-refractivity contribution in [3.05, 3.63) is 17.7 Å². The van der Waals surface area contributed by atoms with E-state index in [1.54, 1.807) is 12.1 Å². The van der Waals surface area contributed by atoms with Gasteiger partial charge in [0.15, 0.2) is 17.6 Å². The number of aliphatic hydroxyl groups is 1. The largest absolute Gasteiger partial charge is 0.496 e. The van der Waals surface area contributed by atoms with E-state index in [0.717, 1.165) is 6.42 Å². The smallest absolute Gasteiger partial charge is 0.339 e. The molecule has 0 spiro atoms. The Kier molecular flexibility index (Phi) is 4.11. The number of hydrogen-bond acceptors (Lipinski definition) is 6. The standard InChI is InChI=1S/C13H16O6/c1-16-8-4-5-9-12(19-7-3-6-18-9)10(8)11(14)13(15)17-2/h4-5,11,14H,3,6-7H2,1-2H3. The van der Waals surface area contributed by atoms with Crippen molar-refractivity contribution >= 4 is 5.97 Å². The summed E-state index contributed by atoms with van der Waals surface area (Å²) in [4.78, 5) is 11.5. The average Bonchev–Trinajstić information content (AvgIpc) is 2.69. The van der Waals surface area contributed by atoms with Crippen LogP contribution in [0.15, 0.2) is 12.1 Å². The third-order valence-electron chi connectivity index (χ3n) is 2.83. The average molecular weight is 268 g/mol. The Morgan fingerprint density at radius 3 is 2.74 bits per heavy atom. The minimum atomic E-state index is -1.48. The number of methoxy groups -OCH3 is 2. The topological polar surface area (TPSA) is 74.2 Å². The van der Waals surface area contributed by atoms with Crippen LogP contribution < -0.4 is 14.2 Å². The molecule has 0 aliphatic carbocycles. The zero-order valence-corrected chi connectivity index (χ0v) is 10.8. The van der Waals surface area contributed by atoms with Crippen molar-refractivity contribution in [1.29, 1.82) is 0 Å². The third-order valence-corrected chi connectivity index (χ3v) is 2.83. The lowest BCUT2D eigenvalue weighted by molar-refractivity contribution is -0.150. The van der Waals surface area contributed by atoms with Gasteiger partial charge in [-0.25, -0.2) is 4.79 Å². The number of benzene rings is 1. The molecule has 0 saturated carbocycles. The number of ether oxygens (including phenoxy) is 4. The molecule has 0 radical (unpaired) electrons. The van der Waals surface area contributed by atoms with Crippen LogP contribution >= 0.6 is 0 Å². The molecule has 6 heteroatoms. The quantitative estimate of drug-likeness (QED) is 0.826. The van der Waals surface area contributed by atoms with E-state index < -0.39 is 12.1 Å². The zero-order chi connectivity index (χ0) is 13.8. The first-order chi connectivity index (χ1) is 9.19. The lowest BCUT2D eigenvalue weighted by Gasteiger charge is -2.18. The maximum atomic E-state index is 11.5. The predicted octanol–water partition coefficient (Wildman–Crippen LogP) is 1.06. The van der Waals surface area contributed by atoms with Crippen molar-refractivity contribution in [2.24, 2.45) is 0 Å². The van der Waals surface area contributed by atoms with Crippen molar-refractivity contribution in [2.45, 2.75) is 12.5 Å². The molecule has 0 aromatic heterocycles. The number of carbonyl (C=O) groups excluding carboxylic acids is 1. The van der Waals surface area contributed by atoms with Gasteiger partial charge in [-0.1, -0.05) is 0 Å². The van der Waals surface area contributed by atoms with Gasteiger partial charge in [0.1, 0.15) is 5.75 Å². The summed E-state index contributed by atoms with van der Waals surface area (Å²) in [6.07, 6.45) is -0.748. The van der Waals surface area contributed by atoms with E-state index in [-0.39, 0.29) is 5.56 Å². The molecule has 19 heavy (non-hydrogen) atoms. The van der Waals surface area contributed by atoms with E-state index in [4.69, 9.17) is 14.2 Å². The van der Waals surface area contributed by atoms with Gasteiger partial charge in [-0.3, -0.25) is 0 Å². The zero-order valence-electron chi connectivity index (χ0n) is 10.8. The predicted molar refractivity (Wildman–Crippen MR) is 65.6 cm³/mol. The van der Waals surface area contributed by atoms with Crippen molar-refractivity contribution in [3.8, 4) is 17.2 Å². The van der Waals surface area contributed by atoms with Gasteiger partial charge in [0, 0.05) is 6.42 Å². The number of fused-ring (bicyclic) bond motifs is 1. The molecule has 0 amide bonds. The molecular formula is C13H16O6. The van der Waals surface area contributed by atoms with Crippen LogP contribution in [0.4, 0.5) is 0 Å². The molecule has 1 aliphatic heterocycles. The van der Waals surface area contributed by atoms with Crippen LogP contribution in [0.25, 0.3) is 0 Å². The Balaban J connectivity index is 2.51. The van der Waals surface area contributed by atoms with E-state index in [9.17, 15) is 9.90 Å². The number of rotatable bonds is 3. The molecule has 1 aromatic carbocycles. The van der Waals surface area contributed by atoms with Gasteiger partial charge >= 0.3 is 5.97 Å². The van der Waals surface area contributed by atoms with Crippen LogP contribution in [-0.2, 0) is 9.53 Å². The minimum Gasteiger partial charge on any atom is -0.496 e. The summed E-state index contributed by atoms with van der Waals surface area (Å²) in [5.41, 5.74) is 0.230. The van der Waals surface area contributed by atoms with Gasteiger partial charge < -0.3 is 24.1 Å². The fourth-order valence-corrected chi connectivity index (χ4v) is 1.91. The highest BCUT2D eigenvalue weighted by Gasteiger charge is 2.29. The summed E-state index contributed by atoms with van der Waals surface area (Å²) >= 11 is 0. The summed E-state index contributed by atoms with van der Waals surface area (Å²) in [6, 6.07) is 3.31. The van der Waals surface area contributed by atoms with Crippen LogP contribution in [0.1, 0.15) is 18.1 Å². The molecule has 1 heterocycles. The monoisotopic (exact) mass is 268 g/mol. The number of carbonyl (C=O) groups is 1. The molecular weight excluding hydrogens is 252 g/mol. The number of hydrogen-bond donors (Lipinski definition) is 1. The van der Waals surface area contributed by atoms with Gasteiger partial charge in [0.05, 0.1) is 33.0 Å². The lowest BCUT2D eigenvalue weighted by atomic mass is 10.1. The van der Waals surface area contributed by atoms with Crippen molar-refractivity contribution in [2.75, 3.05) is 27.4 Å². The molecule has 1 N–H and O–H groups in total. The first-order valence-corrected chi connectivity index (χ1v) is 5.91. The lowest BCUT2D eigenvalue weighted by Crippen LogP contribution is -2.16. The van der Waals surface area contributed by atoms with Gasteiger partial charge in [-0.2, -0.15) is 0 Å². The van der Waals surface area contributed by atoms with E-state index >= 15 is 0 Å². The Morgan fingerprint density at radius 2 is 2.05 bits per heavy atom. The normalized spacial score (nSPS) is 15.3. The summed E-state index contributed by atoms with van der Waals surface area (Å²) in [5.74, 6) is 0.382. The SMILES string of the molecule is COC(=O)C(O)c1c(OC)ccc2c1OCCCO2. The van der Waals surface area contributed by atoms with Gasteiger partial charge in [0.25, 0.3) is 0 Å². The van der Waals surface area contributed by atoms with E-state index in [0.29, 0.717) is 30.5 Å². The fraction of sp³-hybridized carbons (Fsp3) is 0.462. The van der Waals surface area contributed by atoms with Crippen molar-refractivity contribution < 1.29 is 28.8 Å². The fourth-order valence-electron chi connectivity index (χ4n) is 1.91. The number of aliphatic hydroxyl groups excluding tert-OH is 1. The second kappa shape index (κ2) is 5.79. The van der Waals surface area contributed by atoms with Crippen LogP contribution in [0.5, 0.6) is 17.2 Å². The van der Waals surface area contributed by atoms with E-state index in [1.165, 1.54) is 14.2 Å². The van der Waals surface area contributed by atoms with Gasteiger partial charge in [0.2, 0.25) is 0 Å². The van der Waals surface area contributed by atoms with E-state index in [2.05, 4.69) is 4.74 Å². The molecule has 1 aliphatic rings. The second-order valence-corrected chi connectivity index (χ2v) is 3.98. The van der Waals surface area contributed by atoms with Crippen molar-refractivity contribution in [1.82, 2.24) is 0 Å². The molecule has 104 valence electrons. The Morgan fingerprint density at radius 1 is 1.32 bits per heavy atom. The Hall–Kier alpha value is -1.95. The maximum Gasteiger partial charge on any atom is 0.339 e. The van der Waals surface area contributed by atoms with Gasteiger partial charge in [-0.05, 0) is 12.1 Å². The van der Waals surface area contributed by atoms with Crippen LogP contribution in [-0.4, -0.2) is 38.5 Å². The van der Waals surface area contributed by atoms with Gasteiger partial charge in [-0.15, -0.1) is 0 Å². The molecule has 0 fully saturated rings. The van der Waals surface area contributed by atoms with Crippen LogP contribution in [0.3, 0.4) is 0 Å². The number of esters is 1. The maximum absolute atomic E-state index is 11.5. The highest BCUT2D eigenvalue weighted by molar-refractivity contribution is 5.79. The molecule has 1 atom stereocenters. The molecule has 1 unspecified atom stereocenters. The van der Waals surface area contributed by atoms with E-state index in [1.807, 2.05) is 0 Å². The minimum absolute atomic E-state index is 0.230. The summed E-state index contributed by atoms with van der Waals surface area (Å²) < 4.78 is 20.8. The first-order valence-electron chi connectivity index (χ1n) is 5.91. The molecule has 0 bridgehead atoms. The van der Waals surface area contributed by atoms with Crippen LogP contribution in [0, 0.1) is 0 Å². The Bertz CT molecular complexity index is 470.